The lowest BCUT2D eigenvalue weighted by Crippen LogP contribution is -2.04. The predicted molar refractivity (Wildman–Crippen MR) is 605 cm³/mol. The van der Waals surface area contributed by atoms with Gasteiger partial charge in [0.25, 0.3) is 0 Å². The minimum Gasteiger partial charge on any atom is -0.292 e. The summed E-state index contributed by atoms with van der Waals surface area (Å²) >= 11 is 0. The van der Waals surface area contributed by atoms with Crippen molar-refractivity contribution in [2.45, 2.75) is 0 Å². The van der Waals surface area contributed by atoms with Gasteiger partial charge in [0.15, 0.2) is 17.5 Å². The van der Waals surface area contributed by atoms with E-state index in [1.807, 2.05) is 12.1 Å². The number of aromatic nitrogens is 9. The van der Waals surface area contributed by atoms with Gasteiger partial charge in [0.2, 0.25) is 0 Å². The maximum Gasteiger partial charge on any atom is 0.165 e. The van der Waals surface area contributed by atoms with Crippen LogP contribution in [0.4, 0.5) is 0 Å². The minimum atomic E-state index is 0.822. The zero-order valence-corrected chi connectivity index (χ0v) is 78.1. The van der Waals surface area contributed by atoms with Gasteiger partial charge in [-0.2, -0.15) is 0 Å². The Kier molecular flexibility index (Phi) is 17.5. The summed E-state index contributed by atoms with van der Waals surface area (Å²) in [5.74, 6) is 2.50. The van der Waals surface area contributed by atoms with Gasteiger partial charge < -0.3 is 0 Å². The first kappa shape index (κ1) is 80.5. The molecule has 0 radical (unpaired) electrons. The molecule has 0 bridgehead atoms. The van der Waals surface area contributed by atoms with Gasteiger partial charge in [-0.15, -0.1) is 0 Å². The monoisotopic (exact) mass is 1840 g/mol. The molecule has 0 amide bonds. The van der Waals surface area contributed by atoms with Crippen LogP contribution >= 0.6 is 0 Å². The summed E-state index contributed by atoms with van der Waals surface area (Å²) in [5.41, 5.74) is 37.6. The zero-order chi connectivity index (χ0) is 94.7. The molecule has 668 valence electrons. The van der Waals surface area contributed by atoms with Crippen LogP contribution in [0, 0.1) is 0 Å². The molecule has 0 atom stereocenters. The van der Waals surface area contributed by atoms with E-state index in [-0.39, 0.29) is 0 Å². The molecule has 0 spiro atoms. The summed E-state index contributed by atoms with van der Waals surface area (Å²) in [6.07, 6.45) is 0. The molecule has 9 nitrogen and oxygen atoms in total. The molecular weight excluding hydrogens is 1760 g/mol. The second-order valence-electron chi connectivity index (χ2n) is 38.4. The van der Waals surface area contributed by atoms with E-state index < -0.39 is 0 Å². The Morgan fingerprint density at radius 2 is 0.441 bits per heavy atom. The van der Waals surface area contributed by atoms with E-state index in [2.05, 4.69) is 481 Å². The molecule has 0 unspecified atom stereocenters. The highest BCUT2D eigenvalue weighted by molar-refractivity contribution is 6.34. The van der Waals surface area contributed by atoms with Crippen LogP contribution in [-0.4, -0.2) is 43.6 Å². The van der Waals surface area contributed by atoms with E-state index in [4.69, 9.17) is 29.9 Å². The van der Waals surface area contributed by atoms with E-state index in [9.17, 15) is 0 Å². The molecule has 6 aromatic heterocycles. The van der Waals surface area contributed by atoms with Crippen LogP contribution in [0.15, 0.2) is 479 Å². The zero-order valence-electron chi connectivity index (χ0n) is 78.1. The molecule has 0 aliphatic heterocycles. The standard InChI is InChI=1S/C48H29N3.2C44H25N3/c1-3-12-30(13-4-1)32-22-24-34(25-23-32)47-48(50-41-21-10-9-20-40(41)49-47)51-42-27-26-33-16-11-19-38-36-17-7-8-18-37(36)39-28-35(31-14-5-2-6-15-31)29-43(51)45(39)46(42)44(33)38;1-3-14-29-26(10-1)12-7-20-35(29)43-44(46-42-30-15-4-2-11-27(30)22-24-36(42)45-43)47-37-21-9-19-34-32-17-6-5-16-31(32)33-18-8-13-28-23-25-38(47)41(39(28)33)40(34)37;1-2-11-29-25-30(20-19-26(29)9-1)42-44(46-43-31-13-4-3-10-27(31)21-23-36(43)45-42)47-37-18-8-17-35-33-15-6-5-14-32(33)34-16-7-12-28-22-24-38(47)41(39(28)34)40(35)37/h1-29H;2*1-25H. The largest absolute Gasteiger partial charge is 0.292 e. The van der Waals surface area contributed by atoms with E-state index in [1.165, 1.54) is 170 Å². The molecule has 0 saturated heterocycles. The molecule has 3 aliphatic rings. The molecule has 9 heteroatoms. The molecular formula is C136H79N9. The first-order valence-corrected chi connectivity index (χ1v) is 49.6. The molecule has 6 heterocycles. The van der Waals surface area contributed by atoms with Gasteiger partial charge in [-0.1, -0.05) is 406 Å². The summed E-state index contributed by atoms with van der Waals surface area (Å²) in [6.45, 7) is 0. The fourth-order valence-electron chi connectivity index (χ4n) is 24.3. The Bertz CT molecular complexity index is 10900. The molecule has 24 aromatic carbocycles. The van der Waals surface area contributed by atoms with Crippen molar-refractivity contribution in [2.24, 2.45) is 0 Å². The molecule has 3 aliphatic carbocycles. The van der Waals surface area contributed by atoms with Gasteiger partial charge in [0, 0.05) is 59.8 Å². The van der Waals surface area contributed by atoms with Crippen molar-refractivity contribution >= 4 is 174 Å². The second kappa shape index (κ2) is 31.5. The quantitative estimate of drug-likeness (QED) is 0.141. The normalized spacial score (nSPS) is 12.1. The molecule has 30 aromatic rings. The van der Waals surface area contributed by atoms with Crippen molar-refractivity contribution in [3.63, 3.8) is 0 Å². The average molecular weight is 1840 g/mol. The number of benzene rings is 24. The number of para-hydroxylation sites is 2. The van der Waals surface area contributed by atoms with Crippen molar-refractivity contribution in [1.82, 2.24) is 43.6 Å². The van der Waals surface area contributed by atoms with Crippen LogP contribution in [0.3, 0.4) is 0 Å². The highest BCUT2D eigenvalue weighted by Gasteiger charge is 2.34. The van der Waals surface area contributed by atoms with Crippen LogP contribution < -0.4 is 0 Å². The van der Waals surface area contributed by atoms with E-state index in [0.717, 1.165) is 144 Å². The molecule has 0 fully saturated rings. The van der Waals surface area contributed by atoms with Gasteiger partial charge in [0.1, 0.15) is 17.1 Å². The lowest BCUT2D eigenvalue weighted by Gasteiger charge is -2.17. The first-order chi connectivity index (χ1) is 71.9. The Morgan fingerprint density at radius 1 is 0.131 bits per heavy atom. The first-order valence-electron chi connectivity index (χ1n) is 49.6. The minimum absolute atomic E-state index is 0.822. The topological polar surface area (TPSA) is 92.1 Å². The summed E-state index contributed by atoms with van der Waals surface area (Å²) in [6, 6.07) is 172. The summed E-state index contributed by atoms with van der Waals surface area (Å²) in [7, 11) is 0. The third-order valence-electron chi connectivity index (χ3n) is 30.7. The van der Waals surface area contributed by atoms with E-state index >= 15 is 0 Å². The van der Waals surface area contributed by atoms with Crippen molar-refractivity contribution in [3.05, 3.63) is 479 Å². The highest BCUT2D eigenvalue weighted by Crippen LogP contribution is 2.56. The number of hydrogen-bond acceptors (Lipinski definition) is 6. The number of rotatable bonds is 8. The Morgan fingerprint density at radius 3 is 0.959 bits per heavy atom. The van der Waals surface area contributed by atoms with E-state index in [0.29, 0.717) is 0 Å². The van der Waals surface area contributed by atoms with Gasteiger partial charge in [-0.05, 0) is 226 Å². The maximum absolute atomic E-state index is 5.62. The predicted octanol–water partition coefficient (Wildman–Crippen LogP) is 35.5. The number of nitrogens with zero attached hydrogens (tertiary/aromatic N) is 9. The SMILES string of the molecule is c1ccc(-c2ccc(-c3nc4ccccc4nc3-n3c4cc(-c5ccccc5)cc5c4c4c6c(cccc6ccc43)-c3ccccc3-5)cc2)cc1.c1ccc2c(c1)-c1cccc3ccc4c(c13)c1c-2cccc1n4-c1nc2c(ccc3ccccc32)nc1-c1ccc2ccccc2c1.c1ccc2c(c1)-c1cccc3ccc4c(c13)c1c-2cccc1n4-c1nc2c(ccc3ccccc32)nc1-c1cccc2ccccc12. The lowest BCUT2D eigenvalue weighted by atomic mass is 9.92. The Labute approximate surface area is 831 Å². The molecule has 33 rings (SSSR count). The van der Waals surface area contributed by atoms with Crippen LogP contribution in [0.5, 0.6) is 0 Å². The summed E-state index contributed by atoms with van der Waals surface area (Å²) in [4.78, 5) is 33.0. The van der Waals surface area contributed by atoms with Crippen molar-refractivity contribution < 1.29 is 0 Å². The highest BCUT2D eigenvalue weighted by atomic mass is 15.1. The van der Waals surface area contributed by atoms with Crippen LogP contribution in [0.1, 0.15) is 0 Å². The van der Waals surface area contributed by atoms with Gasteiger partial charge >= 0.3 is 0 Å². The fraction of sp³-hybridized carbons (Fsp3) is 0. The summed E-state index contributed by atoms with van der Waals surface area (Å²) in [5, 5.41) is 24.4. The number of hydrogen-bond donors (Lipinski definition) is 0. The van der Waals surface area contributed by atoms with E-state index in [1.54, 1.807) is 0 Å². The lowest BCUT2D eigenvalue weighted by molar-refractivity contribution is 1.08. The average Bonchev–Trinajstić information content (AvgIpc) is 1.55. The smallest absolute Gasteiger partial charge is 0.165 e. The van der Waals surface area contributed by atoms with Gasteiger partial charge in [-0.25, -0.2) is 29.9 Å². The van der Waals surface area contributed by atoms with Crippen molar-refractivity contribution in [3.8, 4) is 140 Å². The van der Waals surface area contributed by atoms with Crippen LogP contribution in [0.25, 0.3) is 314 Å². The van der Waals surface area contributed by atoms with Gasteiger partial charge in [0.05, 0.1) is 66.2 Å². The number of fused-ring (bicyclic) bond motifs is 18. The molecule has 145 heavy (non-hydrogen) atoms. The maximum atomic E-state index is 5.62. The van der Waals surface area contributed by atoms with Crippen LogP contribution in [-0.2, 0) is 0 Å². The molecule has 0 N–H and O–H groups in total. The van der Waals surface area contributed by atoms with Gasteiger partial charge in [-0.3, -0.25) is 13.7 Å². The second-order valence-corrected chi connectivity index (χ2v) is 38.4. The third kappa shape index (κ3) is 12.1. The van der Waals surface area contributed by atoms with Crippen molar-refractivity contribution in [1.29, 1.82) is 0 Å². The Balaban J connectivity index is 0.0000000991. The Hall–Kier alpha value is -19.5. The third-order valence-corrected chi connectivity index (χ3v) is 30.7. The molecule has 0 saturated carbocycles. The van der Waals surface area contributed by atoms with Crippen molar-refractivity contribution in [2.75, 3.05) is 0 Å². The fourth-order valence-corrected chi connectivity index (χ4v) is 24.3. The summed E-state index contributed by atoms with van der Waals surface area (Å²) < 4.78 is 7.13. The van der Waals surface area contributed by atoms with Crippen LogP contribution in [0.2, 0.25) is 0 Å².